The number of para-hydroxylation sites is 3. The minimum atomic E-state index is 0.809. The summed E-state index contributed by atoms with van der Waals surface area (Å²) in [6, 6.07) is 70.8. The average molecular weight is 740 g/mol. The Kier molecular flexibility index (Phi) is 7.16. The van der Waals surface area contributed by atoms with Crippen LogP contribution in [0.25, 0.3) is 111 Å². The van der Waals surface area contributed by atoms with Gasteiger partial charge in [0.1, 0.15) is 0 Å². The maximum absolute atomic E-state index is 5.35. The van der Waals surface area contributed by atoms with E-state index in [1.54, 1.807) is 0 Å². The first-order chi connectivity index (χ1) is 28.8. The van der Waals surface area contributed by atoms with Gasteiger partial charge in [-0.2, -0.15) is 5.10 Å². The van der Waals surface area contributed by atoms with Crippen molar-refractivity contribution in [2.24, 2.45) is 0 Å². The molecule has 270 valence electrons. The molecular weight excluding hydrogens is 707 g/mol. The lowest BCUT2D eigenvalue weighted by atomic mass is 9.97. The van der Waals surface area contributed by atoms with Gasteiger partial charge >= 0.3 is 0 Å². The number of benzene rings is 8. The zero-order valence-corrected chi connectivity index (χ0v) is 31.3. The molecule has 12 rings (SSSR count). The topological polar surface area (TPSA) is 48.0 Å². The number of aromatic nitrogens is 5. The van der Waals surface area contributed by atoms with E-state index in [-0.39, 0.29) is 0 Å². The van der Waals surface area contributed by atoms with Crippen LogP contribution in [0.4, 0.5) is 0 Å². The van der Waals surface area contributed by atoms with Gasteiger partial charge in [-0.05, 0) is 52.9 Å². The van der Waals surface area contributed by atoms with E-state index < -0.39 is 0 Å². The van der Waals surface area contributed by atoms with Crippen LogP contribution in [-0.4, -0.2) is 24.1 Å². The molecule has 0 aliphatic rings. The standard InChI is InChI=1S/C53H33N5/c1-3-14-35(15-4-1)47-33-49-44-22-8-11-24-46(44)55-53(58(49)56-47)37-28-26-34(27-29-37)38-18-13-19-39(32-38)57-48-25-12-9-21-41(48)43-31-30-42-40-20-7-10-23-45(40)54-51(50(42)52(43)57)36-16-5-2-6-17-36/h1-33H. The SMILES string of the molecule is c1ccc(-c2cc3c4ccccc4nc(-c4ccc(-c5cccc(-n6c7ccccc7c7ccc8c9ccccc9nc(-c9ccccc9)c8c76)c5)cc4)n3n2)cc1. The third-order valence-corrected chi connectivity index (χ3v) is 11.5. The molecule has 0 atom stereocenters. The second-order valence-corrected chi connectivity index (χ2v) is 14.9. The Morgan fingerprint density at radius 1 is 0.362 bits per heavy atom. The molecule has 0 bridgehead atoms. The van der Waals surface area contributed by atoms with Gasteiger partial charge in [0, 0.05) is 49.3 Å². The molecule has 0 radical (unpaired) electrons. The predicted octanol–water partition coefficient (Wildman–Crippen LogP) is 13.3. The summed E-state index contributed by atoms with van der Waals surface area (Å²) in [5.74, 6) is 0.809. The lowest BCUT2D eigenvalue weighted by molar-refractivity contribution is 0.949. The van der Waals surface area contributed by atoms with E-state index in [1.165, 1.54) is 16.2 Å². The van der Waals surface area contributed by atoms with Gasteiger partial charge in [0.05, 0.1) is 39.0 Å². The van der Waals surface area contributed by atoms with Crippen molar-refractivity contribution >= 4 is 59.9 Å². The molecule has 4 heterocycles. The summed E-state index contributed by atoms with van der Waals surface area (Å²) in [4.78, 5) is 10.5. The van der Waals surface area contributed by atoms with Gasteiger partial charge in [-0.25, -0.2) is 14.5 Å². The molecule has 0 N–H and O–H groups in total. The lowest BCUT2D eigenvalue weighted by Crippen LogP contribution is -1.99. The Morgan fingerprint density at radius 3 is 1.78 bits per heavy atom. The first-order valence-corrected chi connectivity index (χ1v) is 19.6. The average Bonchev–Trinajstić information content (AvgIpc) is 3.90. The molecule has 0 aliphatic carbocycles. The molecule has 0 aliphatic heterocycles. The van der Waals surface area contributed by atoms with Crippen molar-refractivity contribution in [1.82, 2.24) is 24.1 Å². The minimum Gasteiger partial charge on any atom is -0.309 e. The van der Waals surface area contributed by atoms with Crippen molar-refractivity contribution in [3.63, 3.8) is 0 Å². The molecule has 8 aromatic carbocycles. The van der Waals surface area contributed by atoms with E-state index in [4.69, 9.17) is 15.1 Å². The molecule has 0 spiro atoms. The molecule has 58 heavy (non-hydrogen) atoms. The number of hydrogen-bond acceptors (Lipinski definition) is 3. The van der Waals surface area contributed by atoms with Crippen molar-refractivity contribution < 1.29 is 0 Å². The highest BCUT2D eigenvalue weighted by Gasteiger charge is 2.21. The Hall–Kier alpha value is -7.89. The van der Waals surface area contributed by atoms with Gasteiger partial charge in [-0.3, -0.25) is 0 Å². The fraction of sp³-hybridized carbons (Fsp3) is 0. The largest absolute Gasteiger partial charge is 0.309 e. The van der Waals surface area contributed by atoms with Crippen LogP contribution in [0, 0.1) is 0 Å². The van der Waals surface area contributed by atoms with Crippen LogP contribution in [0.5, 0.6) is 0 Å². The number of pyridine rings is 1. The minimum absolute atomic E-state index is 0.809. The molecule has 4 aromatic heterocycles. The van der Waals surface area contributed by atoms with Crippen LogP contribution in [0.1, 0.15) is 0 Å². The second kappa shape index (κ2) is 12.8. The van der Waals surface area contributed by atoms with E-state index in [2.05, 4.69) is 193 Å². The highest BCUT2D eigenvalue weighted by atomic mass is 15.3. The molecule has 0 saturated heterocycles. The van der Waals surface area contributed by atoms with Crippen LogP contribution in [0.2, 0.25) is 0 Å². The summed E-state index contributed by atoms with van der Waals surface area (Å²) in [5.41, 5.74) is 13.7. The van der Waals surface area contributed by atoms with Crippen LogP contribution < -0.4 is 0 Å². The molecule has 0 fully saturated rings. The molecular formula is C53H33N5. The monoisotopic (exact) mass is 739 g/mol. The van der Waals surface area contributed by atoms with E-state index in [1.807, 2.05) is 16.6 Å². The zero-order valence-electron chi connectivity index (χ0n) is 31.3. The maximum atomic E-state index is 5.35. The third kappa shape index (κ3) is 5.00. The number of hydrogen-bond donors (Lipinski definition) is 0. The van der Waals surface area contributed by atoms with E-state index in [9.17, 15) is 0 Å². The molecule has 5 heteroatoms. The van der Waals surface area contributed by atoms with Crippen LogP contribution in [-0.2, 0) is 0 Å². The second-order valence-electron chi connectivity index (χ2n) is 14.9. The van der Waals surface area contributed by atoms with Crippen molar-refractivity contribution in [2.75, 3.05) is 0 Å². The van der Waals surface area contributed by atoms with Gasteiger partial charge in [0.25, 0.3) is 0 Å². The lowest BCUT2D eigenvalue weighted by Gasteiger charge is -2.15. The van der Waals surface area contributed by atoms with E-state index in [0.29, 0.717) is 0 Å². The Labute approximate surface area is 333 Å². The van der Waals surface area contributed by atoms with E-state index in [0.717, 1.165) is 94.5 Å². The Morgan fingerprint density at radius 2 is 0.983 bits per heavy atom. The van der Waals surface area contributed by atoms with Crippen molar-refractivity contribution in [3.05, 3.63) is 200 Å². The molecule has 0 amide bonds. The molecule has 0 unspecified atom stereocenters. The summed E-state index contributed by atoms with van der Waals surface area (Å²) < 4.78 is 4.43. The Balaban J connectivity index is 1.03. The smallest absolute Gasteiger partial charge is 0.161 e. The maximum Gasteiger partial charge on any atom is 0.161 e. The molecule has 5 nitrogen and oxygen atoms in total. The van der Waals surface area contributed by atoms with Crippen LogP contribution >= 0.6 is 0 Å². The van der Waals surface area contributed by atoms with Gasteiger partial charge in [-0.15, -0.1) is 0 Å². The van der Waals surface area contributed by atoms with Crippen molar-refractivity contribution in [3.8, 4) is 50.7 Å². The summed E-state index contributed by atoms with van der Waals surface area (Å²) in [5, 5.41) is 12.1. The fourth-order valence-corrected chi connectivity index (χ4v) is 8.83. The highest BCUT2D eigenvalue weighted by Crippen LogP contribution is 2.42. The van der Waals surface area contributed by atoms with Gasteiger partial charge in [0.2, 0.25) is 0 Å². The number of rotatable bonds is 5. The highest BCUT2D eigenvalue weighted by molar-refractivity contribution is 6.25. The normalized spacial score (nSPS) is 11.8. The summed E-state index contributed by atoms with van der Waals surface area (Å²) >= 11 is 0. The fourth-order valence-electron chi connectivity index (χ4n) is 8.83. The first kappa shape index (κ1) is 32.4. The Bertz CT molecular complexity index is 3550. The van der Waals surface area contributed by atoms with Crippen molar-refractivity contribution in [2.45, 2.75) is 0 Å². The zero-order chi connectivity index (χ0) is 38.2. The van der Waals surface area contributed by atoms with Crippen molar-refractivity contribution in [1.29, 1.82) is 0 Å². The van der Waals surface area contributed by atoms with Crippen LogP contribution in [0.15, 0.2) is 200 Å². The van der Waals surface area contributed by atoms with E-state index >= 15 is 0 Å². The van der Waals surface area contributed by atoms with Gasteiger partial charge in [-0.1, -0.05) is 164 Å². The predicted molar refractivity (Wildman–Crippen MR) is 239 cm³/mol. The quantitative estimate of drug-likeness (QED) is 0.165. The number of fused-ring (bicyclic) bond motifs is 10. The first-order valence-electron chi connectivity index (χ1n) is 19.6. The third-order valence-electron chi connectivity index (χ3n) is 11.5. The van der Waals surface area contributed by atoms with Gasteiger partial charge < -0.3 is 4.57 Å². The molecule has 12 aromatic rings. The van der Waals surface area contributed by atoms with Crippen LogP contribution in [0.3, 0.4) is 0 Å². The molecule has 0 saturated carbocycles. The number of nitrogens with zero attached hydrogens (tertiary/aromatic N) is 5. The van der Waals surface area contributed by atoms with Gasteiger partial charge in [0.15, 0.2) is 5.82 Å². The summed E-state index contributed by atoms with van der Waals surface area (Å²) in [6.07, 6.45) is 0. The summed E-state index contributed by atoms with van der Waals surface area (Å²) in [6.45, 7) is 0. The summed E-state index contributed by atoms with van der Waals surface area (Å²) in [7, 11) is 0.